The highest BCUT2D eigenvalue weighted by Crippen LogP contribution is 2.09. The molecular formula is C6H8N2O4. The maximum atomic E-state index is 10.9. The van der Waals surface area contributed by atoms with Gasteiger partial charge in [0.1, 0.15) is 6.54 Å². The van der Waals surface area contributed by atoms with E-state index in [1.807, 2.05) is 0 Å². The number of rotatable bonds is 2. The molecule has 1 rings (SSSR count). The molecule has 66 valence electrons. The molecular weight excluding hydrogens is 164 g/mol. The monoisotopic (exact) mass is 172 g/mol. The molecule has 6 nitrogen and oxygen atoms in total. The predicted molar refractivity (Wildman–Crippen MR) is 39.1 cm³/mol. The zero-order valence-corrected chi connectivity index (χ0v) is 6.37. The lowest BCUT2D eigenvalue weighted by Crippen LogP contribution is -2.21. The standard InChI is InChI=1S/C6H8N2O4/c1-3-5(11)8(2-4(9)10)6(12)7-3/h11H,2H2,1H3,(H,7,12)(H,9,10). The number of H-pyrrole nitrogens is 1. The van der Waals surface area contributed by atoms with Gasteiger partial charge in [-0.2, -0.15) is 0 Å². The molecule has 0 aliphatic heterocycles. The first-order valence-electron chi connectivity index (χ1n) is 3.22. The van der Waals surface area contributed by atoms with Crippen LogP contribution >= 0.6 is 0 Å². The summed E-state index contributed by atoms with van der Waals surface area (Å²) in [6.07, 6.45) is 0. The summed E-state index contributed by atoms with van der Waals surface area (Å²) >= 11 is 0. The molecule has 0 aliphatic rings. The van der Waals surface area contributed by atoms with Crippen molar-refractivity contribution in [2.45, 2.75) is 13.5 Å². The quantitative estimate of drug-likeness (QED) is 0.548. The van der Waals surface area contributed by atoms with Crippen LogP contribution in [0.1, 0.15) is 5.69 Å². The smallest absolute Gasteiger partial charge is 0.329 e. The Bertz CT molecular complexity index is 362. The van der Waals surface area contributed by atoms with Gasteiger partial charge in [0.25, 0.3) is 0 Å². The highest BCUT2D eigenvalue weighted by atomic mass is 16.4. The molecule has 1 heterocycles. The lowest BCUT2D eigenvalue weighted by molar-refractivity contribution is -0.137. The Labute approximate surface area is 67.1 Å². The summed E-state index contributed by atoms with van der Waals surface area (Å²) in [5.41, 5.74) is -0.353. The third kappa shape index (κ3) is 1.31. The van der Waals surface area contributed by atoms with Gasteiger partial charge in [0.05, 0.1) is 5.69 Å². The van der Waals surface area contributed by atoms with Crippen LogP contribution in [0.5, 0.6) is 5.88 Å². The van der Waals surface area contributed by atoms with E-state index < -0.39 is 18.2 Å². The van der Waals surface area contributed by atoms with Gasteiger partial charge in [-0.3, -0.25) is 9.36 Å². The highest BCUT2D eigenvalue weighted by Gasteiger charge is 2.11. The van der Waals surface area contributed by atoms with Crippen molar-refractivity contribution in [1.82, 2.24) is 9.55 Å². The number of carbonyl (C=O) groups is 1. The molecule has 0 amide bonds. The van der Waals surface area contributed by atoms with E-state index in [9.17, 15) is 9.59 Å². The fourth-order valence-electron chi connectivity index (χ4n) is 0.864. The SMILES string of the molecule is Cc1[nH]c(=O)n(CC(=O)O)c1O. The number of aryl methyl sites for hydroxylation is 1. The first-order valence-corrected chi connectivity index (χ1v) is 3.22. The molecule has 0 aliphatic carbocycles. The maximum Gasteiger partial charge on any atom is 0.329 e. The van der Waals surface area contributed by atoms with Crippen LogP contribution < -0.4 is 5.69 Å². The van der Waals surface area contributed by atoms with Gasteiger partial charge < -0.3 is 15.2 Å². The first-order chi connectivity index (χ1) is 5.52. The molecule has 0 saturated carbocycles. The number of hydrogen-bond acceptors (Lipinski definition) is 3. The minimum atomic E-state index is -1.17. The van der Waals surface area contributed by atoms with Crippen molar-refractivity contribution >= 4 is 5.97 Å². The predicted octanol–water partition coefficient (Wildman–Crippen LogP) is -0.725. The Kier molecular flexibility index (Phi) is 1.90. The van der Waals surface area contributed by atoms with E-state index in [2.05, 4.69) is 4.98 Å². The summed E-state index contributed by atoms with van der Waals surface area (Å²) in [4.78, 5) is 23.4. The van der Waals surface area contributed by atoms with Crippen LogP contribution in [-0.4, -0.2) is 25.7 Å². The average Bonchev–Trinajstić information content (AvgIpc) is 2.16. The van der Waals surface area contributed by atoms with Gasteiger partial charge in [-0.15, -0.1) is 0 Å². The van der Waals surface area contributed by atoms with Gasteiger partial charge in [-0.25, -0.2) is 4.79 Å². The molecule has 3 N–H and O–H groups in total. The van der Waals surface area contributed by atoms with E-state index in [1.165, 1.54) is 6.92 Å². The van der Waals surface area contributed by atoms with Gasteiger partial charge in [0.2, 0.25) is 5.88 Å². The summed E-state index contributed by atoms with van der Waals surface area (Å²) in [7, 11) is 0. The number of aliphatic carboxylic acids is 1. The second kappa shape index (κ2) is 2.72. The minimum absolute atomic E-state index is 0.265. The maximum absolute atomic E-state index is 10.9. The summed E-state index contributed by atoms with van der Waals surface area (Å²) in [5.74, 6) is -1.51. The van der Waals surface area contributed by atoms with Crippen molar-refractivity contribution in [2.75, 3.05) is 0 Å². The van der Waals surface area contributed by atoms with Crippen LogP contribution in [0.3, 0.4) is 0 Å². The zero-order valence-electron chi connectivity index (χ0n) is 6.37. The molecule has 1 aromatic heterocycles. The number of carboxylic acids is 1. The van der Waals surface area contributed by atoms with E-state index in [4.69, 9.17) is 10.2 Å². The van der Waals surface area contributed by atoms with Gasteiger partial charge in [-0.05, 0) is 6.92 Å². The Balaban J connectivity index is 3.14. The molecule has 0 spiro atoms. The van der Waals surface area contributed by atoms with E-state index >= 15 is 0 Å². The Morgan fingerprint density at radius 2 is 2.25 bits per heavy atom. The molecule has 12 heavy (non-hydrogen) atoms. The van der Waals surface area contributed by atoms with Crippen molar-refractivity contribution in [3.63, 3.8) is 0 Å². The van der Waals surface area contributed by atoms with E-state index in [1.54, 1.807) is 0 Å². The van der Waals surface area contributed by atoms with E-state index in [0.29, 0.717) is 0 Å². The van der Waals surface area contributed by atoms with Crippen LogP contribution in [0, 0.1) is 6.92 Å². The Hall–Kier alpha value is -1.72. The van der Waals surface area contributed by atoms with Crippen LogP contribution in [-0.2, 0) is 11.3 Å². The molecule has 0 fully saturated rings. The number of carboxylic acid groups (broad SMARTS) is 1. The molecule has 0 saturated heterocycles. The first kappa shape index (κ1) is 8.38. The van der Waals surface area contributed by atoms with Crippen molar-refractivity contribution in [1.29, 1.82) is 0 Å². The lowest BCUT2D eigenvalue weighted by atomic mass is 10.5. The van der Waals surface area contributed by atoms with Gasteiger partial charge in [-0.1, -0.05) is 0 Å². The van der Waals surface area contributed by atoms with Crippen LogP contribution in [0.15, 0.2) is 4.79 Å². The number of aromatic amines is 1. The number of aromatic hydroxyl groups is 1. The molecule has 0 unspecified atom stereocenters. The largest absolute Gasteiger partial charge is 0.493 e. The Morgan fingerprint density at radius 3 is 2.58 bits per heavy atom. The van der Waals surface area contributed by atoms with Crippen molar-refractivity contribution < 1.29 is 15.0 Å². The summed E-state index contributed by atoms with van der Waals surface area (Å²) in [6.45, 7) is 0.949. The molecule has 0 radical (unpaired) electrons. The fraction of sp³-hybridized carbons (Fsp3) is 0.333. The minimum Gasteiger partial charge on any atom is -0.493 e. The van der Waals surface area contributed by atoms with Crippen LogP contribution in [0.4, 0.5) is 0 Å². The number of imidazole rings is 1. The van der Waals surface area contributed by atoms with Crippen LogP contribution in [0.25, 0.3) is 0 Å². The number of hydrogen-bond donors (Lipinski definition) is 3. The summed E-state index contributed by atoms with van der Waals surface area (Å²) < 4.78 is 0.748. The molecule has 1 aromatic rings. The van der Waals surface area contributed by atoms with Gasteiger partial charge in [0, 0.05) is 0 Å². The number of nitrogens with one attached hydrogen (secondary N) is 1. The summed E-state index contributed by atoms with van der Waals surface area (Å²) in [5, 5.41) is 17.5. The molecule has 0 atom stereocenters. The Morgan fingerprint density at radius 1 is 1.67 bits per heavy atom. The van der Waals surface area contributed by atoms with Crippen molar-refractivity contribution in [3.8, 4) is 5.88 Å². The number of aromatic nitrogens is 2. The highest BCUT2D eigenvalue weighted by molar-refractivity contribution is 5.66. The second-order valence-electron chi connectivity index (χ2n) is 2.36. The average molecular weight is 172 g/mol. The zero-order chi connectivity index (χ0) is 9.30. The van der Waals surface area contributed by atoms with E-state index in [0.717, 1.165) is 4.57 Å². The normalized spacial score (nSPS) is 10.1. The van der Waals surface area contributed by atoms with Gasteiger partial charge >= 0.3 is 11.7 Å². The second-order valence-corrected chi connectivity index (χ2v) is 2.36. The third-order valence-electron chi connectivity index (χ3n) is 1.42. The van der Waals surface area contributed by atoms with Gasteiger partial charge in [0.15, 0.2) is 0 Å². The third-order valence-corrected chi connectivity index (χ3v) is 1.42. The topological polar surface area (TPSA) is 95.3 Å². The van der Waals surface area contributed by atoms with Crippen LogP contribution in [0.2, 0.25) is 0 Å². The molecule has 0 bridgehead atoms. The summed E-state index contributed by atoms with van der Waals surface area (Å²) in [6, 6.07) is 0. The fourth-order valence-corrected chi connectivity index (χ4v) is 0.864. The van der Waals surface area contributed by atoms with Crippen molar-refractivity contribution in [3.05, 3.63) is 16.2 Å². The van der Waals surface area contributed by atoms with E-state index in [-0.39, 0.29) is 11.6 Å². The lowest BCUT2D eigenvalue weighted by Gasteiger charge is -1.96. The number of nitrogens with zero attached hydrogens (tertiary/aromatic N) is 1. The van der Waals surface area contributed by atoms with Crippen molar-refractivity contribution in [2.24, 2.45) is 0 Å². The molecule has 0 aromatic carbocycles. The molecule has 6 heteroatoms.